The number of hydrogen-bond donors (Lipinski definition) is 0. The van der Waals surface area contributed by atoms with E-state index in [-0.39, 0.29) is 24.1 Å². The molecule has 2 heterocycles. The molecule has 20 heavy (non-hydrogen) atoms. The second-order valence-corrected chi connectivity index (χ2v) is 5.22. The number of carbonyl (C=O) groups excluding carboxylic acids is 3. The molecule has 0 radical (unpaired) electrons. The van der Waals surface area contributed by atoms with Crippen molar-refractivity contribution in [1.82, 2.24) is 4.90 Å². The lowest BCUT2D eigenvalue weighted by Gasteiger charge is -2.11. The Hall–Kier alpha value is -2.21. The quantitative estimate of drug-likeness (QED) is 0.639. The third-order valence-corrected chi connectivity index (χ3v) is 3.54. The fourth-order valence-electron chi connectivity index (χ4n) is 2.11. The predicted molar refractivity (Wildman–Crippen MR) is 72.4 cm³/mol. The van der Waals surface area contributed by atoms with Gasteiger partial charge in [0.2, 0.25) is 0 Å². The van der Waals surface area contributed by atoms with Crippen molar-refractivity contribution in [3.63, 3.8) is 0 Å². The lowest BCUT2D eigenvalue weighted by molar-refractivity contribution is 0.0631. The normalized spacial score (nSPS) is 13.8. The van der Waals surface area contributed by atoms with E-state index in [0.29, 0.717) is 23.2 Å². The number of fused-ring (bicyclic) bond motifs is 1. The number of aldehydes is 1. The Kier molecular flexibility index (Phi) is 3.02. The number of furan rings is 1. The first-order chi connectivity index (χ1) is 9.60. The Labute approximate surface area is 122 Å². The van der Waals surface area contributed by atoms with E-state index in [2.05, 4.69) is 15.9 Å². The zero-order chi connectivity index (χ0) is 14.3. The molecule has 0 atom stereocenters. The number of hydrogen-bond acceptors (Lipinski definition) is 4. The molecule has 3 rings (SSSR count). The summed E-state index contributed by atoms with van der Waals surface area (Å²) in [5, 5.41) is 0. The molecule has 100 valence electrons. The summed E-state index contributed by atoms with van der Waals surface area (Å²) >= 11 is 3.27. The van der Waals surface area contributed by atoms with E-state index in [9.17, 15) is 14.4 Å². The number of halogens is 1. The molecule has 0 unspecified atom stereocenters. The second kappa shape index (κ2) is 4.72. The topological polar surface area (TPSA) is 67.6 Å². The monoisotopic (exact) mass is 333 g/mol. The molecule has 5 nitrogen and oxygen atoms in total. The average molecular weight is 334 g/mol. The second-order valence-electron chi connectivity index (χ2n) is 4.31. The number of rotatable bonds is 3. The minimum Gasteiger partial charge on any atom is -0.456 e. The molecular formula is C14H8BrNO4. The van der Waals surface area contributed by atoms with Gasteiger partial charge in [-0.1, -0.05) is 15.9 Å². The molecule has 1 aliphatic heterocycles. The average Bonchev–Trinajstić information content (AvgIpc) is 2.98. The van der Waals surface area contributed by atoms with Gasteiger partial charge in [0.15, 0.2) is 12.0 Å². The highest BCUT2D eigenvalue weighted by Gasteiger charge is 2.36. The Morgan fingerprint density at radius 3 is 2.55 bits per heavy atom. The summed E-state index contributed by atoms with van der Waals surface area (Å²) in [4.78, 5) is 36.0. The Balaban J connectivity index is 1.91. The van der Waals surface area contributed by atoms with E-state index in [0.717, 1.165) is 9.37 Å². The molecule has 0 bridgehead atoms. The molecule has 1 aromatic heterocycles. The van der Waals surface area contributed by atoms with Crippen molar-refractivity contribution >= 4 is 34.0 Å². The van der Waals surface area contributed by atoms with Crippen molar-refractivity contribution in [2.45, 2.75) is 6.54 Å². The van der Waals surface area contributed by atoms with Crippen molar-refractivity contribution < 1.29 is 18.8 Å². The van der Waals surface area contributed by atoms with Crippen LogP contribution < -0.4 is 0 Å². The van der Waals surface area contributed by atoms with E-state index in [1.165, 1.54) is 6.07 Å². The van der Waals surface area contributed by atoms with E-state index >= 15 is 0 Å². The van der Waals surface area contributed by atoms with Gasteiger partial charge in [-0.3, -0.25) is 19.3 Å². The number of nitrogens with zero attached hydrogens (tertiary/aromatic N) is 1. The molecule has 0 N–H and O–H groups in total. The van der Waals surface area contributed by atoms with Gasteiger partial charge in [0.25, 0.3) is 11.8 Å². The lowest BCUT2D eigenvalue weighted by Crippen LogP contribution is -2.28. The molecule has 0 fully saturated rings. The summed E-state index contributed by atoms with van der Waals surface area (Å²) in [5.74, 6) is -0.170. The van der Waals surface area contributed by atoms with Crippen molar-refractivity contribution in [2.24, 2.45) is 0 Å². The van der Waals surface area contributed by atoms with Crippen LogP contribution in [0.25, 0.3) is 0 Å². The molecule has 2 amide bonds. The summed E-state index contributed by atoms with van der Waals surface area (Å²) in [6.45, 7) is 0.0117. The summed E-state index contributed by atoms with van der Waals surface area (Å²) in [6, 6.07) is 8.01. The summed E-state index contributed by atoms with van der Waals surface area (Å²) in [7, 11) is 0. The standard InChI is InChI=1S/C14H8BrNO4/c15-8-1-4-11-12(5-8)14(19)16(13(11)18)6-9-2-3-10(7-17)20-9/h1-5,7H,6H2. The van der Waals surface area contributed by atoms with Crippen LogP contribution in [-0.2, 0) is 6.54 Å². The number of benzene rings is 1. The van der Waals surface area contributed by atoms with Crippen LogP contribution in [0, 0.1) is 0 Å². The Morgan fingerprint density at radius 1 is 1.10 bits per heavy atom. The van der Waals surface area contributed by atoms with Gasteiger partial charge >= 0.3 is 0 Å². The zero-order valence-corrected chi connectivity index (χ0v) is 11.7. The molecule has 1 aliphatic rings. The van der Waals surface area contributed by atoms with Crippen LogP contribution in [0.15, 0.2) is 39.2 Å². The molecule has 2 aromatic rings. The highest BCUT2D eigenvalue weighted by atomic mass is 79.9. The van der Waals surface area contributed by atoms with Crippen LogP contribution >= 0.6 is 15.9 Å². The fraction of sp³-hybridized carbons (Fsp3) is 0.0714. The minimum atomic E-state index is -0.365. The maximum Gasteiger partial charge on any atom is 0.262 e. The van der Waals surface area contributed by atoms with Crippen LogP contribution in [0.4, 0.5) is 0 Å². The van der Waals surface area contributed by atoms with Gasteiger partial charge in [-0.15, -0.1) is 0 Å². The van der Waals surface area contributed by atoms with E-state index in [4.69, 9.17) is 4.42 Å². The maximum absolute atomic E-state index is 12.2. The smallest absolute Gasteiger partial charge is 0.262 e. The molecule has 0 saturated carbocycles. The highest BCUT2D eigenvalue weighted by Crippen LogP contribution is 2.27. The number of imide groups is 1. The molecular weight excluding hydrogens is 326 g/mol. The number of carbonyl (C=O) groups is 3. The third kappa shape index (κ3) is 1.98. The lowest BCUT2D eigenvalue weighted by atomic mass is 10.1. The van der Waals surface area contributed by atoms with Gasteiger partial charge in [0.1, 0.15) is 5.76 Å². The first-order valence-electron chi connectivity index (χ1n) is 5.80. The first kappa shape index (κ1) is 12.8. The van der Waals surface area contributed by atoms with E-state index in [1.807, 2.05) is 0 Å². The van der Waals surface area contributed by atoms with Gasteiger partial charge < -0.3 is 4.42 Å². The summed E-state index contributed by atoms with van der Waals surface area (Å²) in [5.41, 5.74) is 0.743. The van der Waals surface area contributed by atoms with Gasteiger partial charge in [-0.2, -0.15) is 0 Å². The molecule has 1 aromatic carbocycles. The van der Waals surface area contributed by atoms with Crippen molar-refractivity contribution in [3.05, 3.63) is 57.5 Å². The van der Waals surface area contributed by atoms with Crippen molar-refractivity contribution in [1.29, 1.82) is 0 Å². The Morgan fingerprint density at radius 2 is 1.85 bits per heavy atom. The largest absolute Gasteiger partial charge is 0.456 e. The van der Waals surface area contributed by atoms with Crippen LogP contribution in [0.5, 0.6) is 0 Å². The third-order valence-electron chi connectivity index (χ3n) is 3.05. The predicted octanol–water partition coefficient (Wildman–Crippen LogP) is 2.65. The first-order valence-corrected chi connectivity index (χ1v) is 6.59. The van der Waals surface area contributed by atoms with Crippen LogP contribution in [-0.4, -0.2) is 23.0 Å². The highest BCUT2D eigenvalue weighted by molar-refractivity contribution is 9.10. The number of amides is 2. The van der Waals surface area contributed by atoms with Crippen molar-refractivity contribution in [3.8, 4) is 0 Å². The zero-order valence-electron chi connectivity index (χ0n) is 10.1. The molecule has 0 aliphatic carbocycles. The maximum atomic E-state index is 12.2. The summed E-state index contributed by atoms with van der Waals surface area (Å²) < 4.78 is 5.93. The van der Waals surface area contributed by atoms with Crippen molar-refractivity contribution in [2.75, 3.05) is 0 Å². The van der Waals surface area contributed by atoms with Crippen LogP contribution in [0.2, 0.25) is 0 Å². The molecule has 6 heteroatoms. The van der Waals surface area contributed by atoms with Gasteiger partial charge in [-0.25, -0.2) is 0 Å². The van der Waals surface area contributed by atoms with Gasteiger partial charge in [0, 0.05) is 4.47 Å². The Bertz CT molecular complexity index is 735. The van der Waals surface area contributed by atoms with Crippen LogP contribution in [0.1, 0.15) is 37.0 Å². The van der Waals surface area contributed by atoms with Gasteiger partial charge in [0.05, 0.1) is 17.7 Å². The summed E-state index contributed by atoms with van der Waals surface area (Å²) in [6.07, 6.45) is 0.572. The SMILES string of the molecule is O=Cc1ccc(CN2C(=O)c3ccc(Br)cc3C2=O)o1. The van der Waals surface area contributed by atoms with E-state index < -0.39 is 0 Å². The fourth-order valence-corrected chi connectivity index (χ4v) is 2.47. The van der Waals surface area contributed by atoms with E-state index in [1.54, 1.807) is 24.3 Å². The molecule has 0 saturated heterocycles. The molecule has 0 spiro atoms. The van der Waals surface area contributed by atoms with Crippen LogP contribution in [0.3, 0.4) is 0 Å². The minimum absolute atomic E-state index is 0.0117. The van der Waals surface area contributed by atoms with Gasteiger partial charge in [-0.05, 0) is 30.3 Å².